The average Bonchev–Trinajstić information content (AvgIpc) is 2.42. The van der Waals surface area contributed by atoms with Crippen LogP contribution in [0.15, 0.2) is 27.7 Å². The van der Waals surface area contributed by atoms with Gasteiger partial charge < -0.3 is 5.32 Å². The van der Waals surface area contributed by atoms with Crippen LogP contribution in [0.25, 0.3) is 0 Å². The van der Waals surface area contributed by atoms with Gasteiger partial charge in [-0.15, -0.1) is 0 Å². The summed E-state index contributed by atoms with van der Waals surface area (Å²) in [5.41, 5.74) is 3.51. The second-order valence-electron chi connectivity index (χ2n) is 4.66. The van der Waals surface area contributed by atoms with Crippen molar-refractivity contribution in [3.8, 4) is 0 Å². The first-order chi connectivity index (χ1) is 9.19. The summed E-state index contributed by atoms with van der Waals surface area (Å²) in [6, 6.07) is 5.90. The van der Waals surface area contributed by atoms with Crippen LogP contribution in [0.5, 0.6) is 0 Å². The zero-order chi connectivity index (χ0) is 13.7. The molecule has 1 aromatic rings. The zero-order valence-corrected chi connectivity index (χ0v) is 13.0. The number of rotatable bonds is 2. The summed E-state index contributed by atoms with van der Waals surface area (Å²) in [5.74, 6) is 6.13. The highest BCUT2D eigenvalue weighted by atomic mass is 79.9. The van der Waals surface area contributed by atoms with E-state index >= 15 is 0 Å². The molecule has 1 aliphatic rings. The van der Waals surface area contributed by atoms with Gasteiger partial charge in [0.15, 0.2) is 0 Å². The lowest BCUT2D eigenvalue weighted by atomic mass is 9.96. The fraction of sp³-hybridized carbons (Fsp3) is 0.462. The van der Waals surface area contributed by atoms with E-state index < -0.39 is 0 Å². The molecule has 4 nitrogen and oxygen atoms in total. The second kappa shape index (κ2) is 7.12. The van der Waals surface area contributed by atoms with E-state index in [1.807, 2.05) is 18.2 Å². The molecular formula is C13H18BrClN4. The lowest BCUT2D eigenvalue weighted by Crippen LogP contribution is -2.37. The molecule has 1 aliphatic carbocycles. The van der Waals surface area contributed by atoms with Gasteiger partial charge in [0.05, 0.1) is 11.7 Å². The predicted molar refractivity (Wildman–Crippen MR) is 84.4 cm³/mol. The maximum Gasteiger partial charge on any atom is 0.210 e. The summed E-state index contributed by atoms with van der Waals surface area (Å²) in [7, 11) is 0. The predicted octanol–water partition coefficient (Wildman–Crippen LogP) is 3.67. The smallest absolute Gasteiger partial charge is 0.210 e. The van der Waals surface area contributed by atoms with Gasteiger partial charge in [0.2, 0.25) is 5.96 Å². The Kier molecular flexibility index (Phi) is 5.48. The van der Waals surface area contributed by atoms with E-state index in [1.54, 1.807) is 0 Å². The summed E-state index contributed by atoms with van der Waals surface area (Å²) in [6.07, 6.45) is 6.07. The monoisotopic (exact) mass is 344 g/mol. The van der Waals surface area contributed by atoms with Crippen molar-refractivity contribution in [2.45, 2.75) is 38.1 Å². The molecular weight excluding hydrogens is 328 g/mol. The third-order valence-electron chi connectivity index (χ3n) is 3.21. The molecule has 0 aliphatic heterocycles. The average molecular weight is 346 g/mol. The maximum atomic E-state index is 5.91. The number of nitrogens with two attached hydrogens (primary N) is 1. The van der Waals surface area contributed by atoms with Crippen LogP contribution in [0.2, 0.25) is 5.02 Å². The number of benzene rings is 1. The van der Waals surface area contributed by atoms with Crippen LogP contribution < -0.4 is 16.6 Å². The van der Waals surface area contributed by atoms with Crippen molar-refractivity contribution in [1.82, 2.24) is 5.43 Å². The van der Waals surface area contributed by atoms with Crippen molar-refractivity contribution >= 4 is 39.2 Å². The summed E-state index contributed by atoms with van der Waals surface area (Å²) in [5, 5.41) is 3.86. The van der Waals surface area contributed by atoms with Crippen LogP contribution in [-0.2, 0) is 0 Å². The fourth-order valence-electron chi connectivity index (χ4n) is 2.22. The third-order valence-corrected chi connectivity index (χ3v) is 4.10. The molecule has 0 heterocycles. The van der Waals surface area contributed by atoms with Crippen molar-refractivity contribution in [3.63, 3.8) is 0 Å². The highest BCUT2D eigenvalue weighted by molar-refractivity contribution is 9.10. The Bertz CT molecular complexity index is 458. The highest BCUT2D eigenvalue weighted by Gasteiger charge is 2.13. The number of nitrogens with one attached hydrogen (secondary N) is 2. The van der Waals surface area contributed by atoms with Crippen molar-refractivity contribution in [3.05, 3.63) is 27.7 Å². The van der Waals surface area contributed by atoms with Gasteiger partial charge in [0.25, 0.3) is 0 Å². The molecule has 1 saturated carbocycles. The van der Waals surface area contributed by atoms with Crippen LogP contribution in [0.1, 0.15) is 32.1 Å². The lowest BCUT2D eigenvalue weighted by molar-refractivity contribution is 0.442. The minimum absolute atomic E-state index is 0.360. The minimum Gasteiger partial charge on any atom is -0.324 e. The van der Waals surface area contributed by atoms with Gasteiger partial charge in [0.1, 0.15) is 0 Å². The molecule has 4 N–H and O–H groups in total. The molecule has 1 aromatic carbocycles. The molecule has 6 heteroatoms. The Labute approximate surface area is 126 Å². The van der Waals surface area contributed by atoms with Crippen LogP contribution in [0, 0.1) is 0 Å². The molecule has 2 rings (SSSR count). The van der Waals surface area contributed by atoms with Gasteiger partial charge in [-0.05, 0) is 47.0 Å². The van der Waals surface area contributed by atoms with Crippen LogP contribution in [0.4, 0.5) is 5.69 Å². The largest absolute Gasteiger partial charge is 0.324 e. The number of anilines is 1. The van der Waals surface area contributed by atoms with Crippen molar-refractivity contribution in [2.24, 2.45) is 10.8 Å². The zero-order valence-electron chi connectivity index (χ0n) is 10.6. The van der Waals surface area contributed by atoms with E-state index in [1.165, 1.54) is 19.3 Å². The molecule has 1 fully saturated rings. The van der Waals surface area contributed by atoms with Crippen LogP contribution in [-0.4, -0.2) is 12.0 Å². The molecule has 0 atom stereocenters. The number of hydrogen-bond acceptors (Lipinski definition) is 2. The maximum absolute atomic E-state index is 5.91. The molecule has 0 spiro atoms. The van der Waals surface area contributed by atoms with E-state index in [2.05, 4.69) is 31.7 Å². The SMILES string of the molecule is NNC(=NC1CCCCC1)Nc1ccc(Cl)cc1Br. The first-order valence-electron chi connectivity index (χ1n) is 6.45. The van der Waals surface area contributed by atoms with E-state index in [0.29, 0.717) is 17.0 Å². The van der Waals surface area contributed by atoms with Gasteiger partial charge in [-0.1, -0.05) is 30.9 Å². The summed E-state index contributed by atoms with van der Waals surface area (Å²) >= 11 is 9.37. The summed E-state index contributed by atoms with van der Waals surface area (Å²) in [4.78, 5) is 4.63. The van der Waals surface area contributed by atoms with Crippen LogP contribution in [0.3, 0.4) is 0 Å². The number of aliphatic imine (C=N–C) groups is 1. The third kappa shape index (κ3) is 4.37. The van der Waals surface area contributed by atoms with Crippen molar-refractivity contribution < 1.29 is 0 Å². The molecule has 0 radical (unpaired) electrons. The van der Waals surface area contributed by atoms with Crippen molar-refractivity contribution in [1.29, 1.82) is 0 Å². The van der Waals surface area contributed by atoms with E-state index in [-0.39, 0.29) is 0 Å². The van der Waals surface area contributed by atoms with Gasteiger partial charge in [0, 0.05) is 9.50 Å². The summed E-state index contributed by atoms with van der Waals surface area (Å²) in [6.45, 7) is 0. The first kappa shape index (κ1) is 14.6. The lowest BCUT2D eigenvalue weighted by Gasteiger charge is -2.19. The molecule has 0 amide bonds. The van der Waals surface area contributed by atoms with E-state index in [9.17, 15) is 0 Å². The Morgan fingerprint density at radius 3 is 2.68 bits per heavy atom. The van der Waals surface area contributed by atoms with Crippen molar-refractivity contribution in [2.75, 3.05) is 5.32 Å². The number of nitrogens with zero attached hydrogens (tertiary/aromatic N) is 1. The topological polar surface area (TPSA) is 62.4 Å². The normalized spacial score (nSPS) is 17.3. The fourth-order valence-corrected chi connectivity index (χ4v) is 3.00. The van der Waals surface area contributed by atoms with Gasteiger partial charge in [-0.2, -0.15) is 0 Å². The minimum atomic E-state index is 0.360. The Morgan fingerprint density at radius 2 is 2.05 bits per heavy atom. The Morgan fingerprint density at radius 1 is 1.32 bits per heavy atom. The van der Waals surface area contributed by atoms with E-state index in [4.69, 9.17) is 17.4 Å². The molecule has 19 heavy (non-hydrogen) atoms. The number of halogens is 2. The number of hydrazine groups is 1. The number of hydrogen-bond donors (Lipinski definition) is 3. The summed E-state index contributed by atoms with van der Waals surface area (Å²) < 4.78 is 0.881. The van der Waals surface area contributed by atoms with Crippen LogP contribution >= 0.6 is 27.5 Å². The van der Waals surface area contributed by atoms with Gasteiger partial charge >= 0.3 is 0 Å². The Balaban J connectivity index is 2.07. The molecule has 0 saturated heterocycles. The highest BCUT2D eigenvalue weighted by Crippen LogP contribution is 2.26. The molecule has 0 aromatic heterocycles. The Hall–Kier alpha value is -0.780. The molecule has 104 valence electrons. The van der Waals surface area contributed by atoms with Gasteiger partial charge in [-0.25, -0.2) is 10.8 Å². The molecule has 0 bridgehead atoms. The van der Waals surface area contributed by atoms with E-state index in [0.717, 1.165) is 23.0 Å². The quantitative estimate of drug-likeness (QED) is 0.332. The standard InChI is InChI=1S/C13H18BrClN4/c14-11-8-9(15)6-7-12(11)18-13(19-16)17-10-4-2-1-3-5-10/h6-8,10H,1-5,16H2,(H2,17,18,19). The number of guanidine groups is 1. The second-order valence-corrected chi connectivity index (χ2v) is 5.95. The van der Waals surface area contributed by atoms with Gasteiger partial charge in [-0.3, -0.25) is 5.43 Å². The molecule has 0 unspecified atom stereocenters. The first-order valence-corrected chi connectivity index (χ1v) is 7.62.